The van der Waals surface area contributed by atoms with Crippen molar-refractivity contribution in [3.63, 3.8) is 0 Å². The number of carbonyl (C=O) groups is 1. The minimum absolute atomic E-state index is 0.0524. The Kier molecular flexibility index (Phi) is 4.09. The monoisotopic (exact) mass is 267 g/mol. The number of amides is 1. The van der Waals surface area contributed by atoms with Crippen LogP contribution in [0, 0.1) is 0 Å². The summed E-state index contributed by atoms with van der Waals surface area (Å²) in [6.45, 7) is 4.09. The van der Waals surface area contributed by atoms with Crippen LogP contribution in [0.25, 0.3) is 0 Å². The molecule has 1 aliphatic heterocycles. The molecule has 2 N–H and O–H groups in total. The molecule has 1 aromatic rings. The first-order valence-corrected chi connectivity index (χ1v) is 6.49. The quantitative estimate of drug-likeness (QED) is 0.870. The van der Waals surface area contributed by atoms with Gasteiger partial charge in [0.15, 0.2) is 0 Å². The molecule has 5 heteroatoms. The lowest BCUT2D eigenvalue weighted by molar-refractivity contribution is -0.122. The second kappa shape index (κ2) is 5.59. The van der Waals surface area contributed by atoms with E-state index < -0.39 is 0 Å². The van der Waals surface area contributed by atoms with Crippen molar-refractivity contribution >= 4 is 23.2 Å². The molecule has 1 saturated heterocycles. The molecular formula is C13H18ClN3O. The second-order valence-corrected chi connectivity index (χ2v) is 4.85. The van der Waals surface area contributed by atoms with E-state index in [9.17, 15) is 4.79 Å². The molecule has 98 valence electrons. The third kappa shape index (κ3) is 2.44. The van der Waals surface area contributed by atoms with Crippen molar-refractivity contribution in [3.05, 3.63) is 28.8 Å². The highest BCUT2D eigenvalue weighted by molar-refractivity contribution is 6.33. The lowest BCUT2D eigenvalue weighted by atomic mass is 10.1. The van der Waals surface area contributed by atoms with Gasteiger partial charge in [-0.05, 0) is 25.6 Å². The summed E-state index contributed by atoms with van der Waals surface area (Å²) in [5.41, 5.74) is 2.09. The standard InChI is InChI=1S/C13H18ClN3O/c1-9-13(18)16-6-7-17(9)12-10(8-15-2)4-3-5-11(12)14/h3-5,9,15H,6-8H2,1-2H3,(H,16,18). The highest BCUT2D eigenvalue weighted by Crippen LogP contribution is 2.32. The predicted molar refractivity (Wildman–Crippen MR) is 74.0 cm³/mol. The first-order chi connectivity index (χ1) is 8.65. The van der Waals surface area contributed by atoms with Gasteiger partial charge < -0.3 is 15.5 Å². The molecular weight excluding hydrogens is 250 g/mol. The molecule has 0 aliphatic carbocycles. The van der Waals surface area contributed by atoms with Gasteiger partial charge in [0.25, 0.3) is 0 Å². The van der Waals surface area contributed by atoms with E-state index in [2.05, 4.69) is 15.5 Å². The normalized spacial score (nSPS) is 19.8. The summed E-state index contributed by atoms with van der Waals surface area (Å²) < 4.78 is 0. The smallest absolute Gasteiger partial charge is 0.242 e. The van der Waals surface area contributed by atoms with Crippen molar-refractivity contribution in [1.29, 1.82) is 0 Å². The number of hydrogen-bond donors (Lipinski definition) is 2. The van der Waals surface area contributed by atoms with Crippen molar-refractivity contribution < 1.29 is 4.79 Å². The van der Waals surface area contributed by atoms with Crippen LogP contribution in [0.15, 0.2) is 18.2 Å². The number of halogens is 1. The lowest BCUT2D eigenvalue weighted by Crippen LogP contribution is -2.54. The van der Waals surface area contributed by atoms with Crippen LogP contribution >= 0.6 is 11.6 Å². The predicted octanol–water partition coefficient (Wildman–Crippen LogP) is 1.38. The van der Waals surface area contributed by atoms with Crippen molar-refractivity contribution in [2.24, 2.45) is 0 Å². The molecule has 0 saturated carbocycles. The number of hydrogen-bond acceptors (Lipinski definition) is 3. The van der Waals surface area contributed by atoms with Crippen LogP contribution in [0.1, 0.15) is 12.5 Å². The Labute approximate surface area is 112 Å². The van der Waals surface area contributed by atoms with Gasteiger partial charge in [-0.25, -0.2) is 0 Å². The summed E-state index contributed by atoms with van der Waals surface area (Å²) in [5.74, 6) is 0.0524. The summed E-state index contributed by atoms with van der Waals surface area (Å²) >= 11 is 6.31. The van der Waals surface area contributed by atoms with E-state index in [1.165, 1.54) is 0 Å². The Hall–Kier alpha value is -1.26. The minimum atomic E-state index is -0.186. The van der Waals surface area contributed by atoms with E-state index in [0.717, 1.165) is 24.3 Å². The third-order valence-corrected chi connectivity index (χ3v) is 3.53. The summed E-state index contributed by atoms with van der Waals surface area (Å²) in [7, 11) is 1.90. The first kappa shape index (κ1) is 13.2. The van der Waals surface area contributed by atoms with Crippen molar-refractivity contribution in [3.8, 4) is 0 Å². The summed E-state index contributed by atoms with van der Waals surface area (Å²) in [5, 5.41) is 6.69. The van der Waals surface area contributed by atoms with Crippen molar-refractivity contribution in [2.75, 3.05) is 25.0 Å². The van der Waals surface area contributed by atoms with Crippen molar-refractivity contribution in [2.45, 2.75) is 19.5 Å². The van der Waals surface area contributed by atoms with Crippen LogP contribution in [0.4, 0.5) is 5.69 Å². The van der Waals surface area contributed by atoms with Crippen LogP contribution in [0.3, 0.4) is 0 Å². The van der Waals surface area contributed by atoms with Gasteiger partial charge in [0.1, 0.15) is 6.04 Å². The Morgan fingerprint density at radius 1 is 1.56 bits per heavy atom. The zero-order chi connectivity index (χ0) is 13.1. The molecule has 1 aromatic carbocycles. The fourth-order valence-corrected chi connectivity index (χ4v) is 2.61. The summed E-state index contributed by atoms with van der Waals surface area (Å²) in [6.07, 6.45) is 0. The van der Waals surface area contributed by atoms with Crippen LogP contribution in [-0.2, 0) is 11.3 Å². The molecule has 0 aromatic heterocycles. The molecule has 1 heterocycles. The van der Waals surface area contributed by atoms with Crippen molar-refractivity contribution in [1.82, 2.24) is 10.6 Å². The van der Waals surface area contributed by atoms with Crippen LogP contribution in [-0.4, -0.2) is 32.1 Å². The number of para-hydroxylation sites is 1. The molecule has 1 atom stereocenters. The molecule has 4 nitrogen and oxygen atoms in total. The van der Waals surface area contributed by atoms with Gasteiger partial charge in [-0.15, -0.1) is 0 Å². The van der Waals surface area contributed by atoms with Crippen LogP contribution < -0.4 is 15.5 Å². The Morgan fingerprint density at radius 3 is 3.06 bits per heavy atom. The molecule has 2 rings (SSSR count). The topological polar surface area (TPSA) is 44.4 Å². The highest BCUT2D eigenvalue weighted by Gasteiger charge is 2.28. The number of nitrogens with zero attached hydrogens (tertiary/aromatic N) is 1. The molecule has 0 spiro atoms. The fourth-order valence-electron chi connectivity index (χ4n) is 2.30. The van der Waals surface area contributed by atoms with Gasteiger partial charge >= 0.3 is 0 Å². The van der Waals surface area contributed by atoms with Gasteiger partial charge in [-0.3, -0.25) is 4.79 Å². The number of rotatable bonds is 3. The van der Waals surface area contributed by atoms with E-state index in [4.69, 9.17) is 11.6 Å². The number of benzene rings is 1. The van der Waals surface area contributed by atoms with Gasteiger partial charge in [0, 0.05) is 19.6 Å². The molecule has 1 aliphatic rings. The number of carbonyl (C=O) groups excluding carboxylic acids is 1. The molecule has 1 amide bonds. The SMILES string of the molecule is CNCc1cccc(Cl)c1N1CCNC(=O)C1C. The van der Waals surface area contributed by atoms with Crippen LogP contribution in [0.5, 0.6) is 0 Å². The summed E-state index contributed by atoms with van der Waals surface area (Å²) in [6, 6.07) is 5.66. The molecule has 0 bridgehead atoms. The van der Waals surface area contributed by atoms with Gasteiger partial charge in [-0.2, -0.15) is 0 Å². The van der Waals surface area contributed by atoms with E-state index in [0.29, 0.717) is 11.6 Å². The summed E-state index contributed by atoms with van der Waals surface area (Å²) in [4.78, 5) is 13.8. The zero-order valence-corrected chi connectivity index (χ0v) is 11.4. The maximum Gasteiger partial charge on any atom is 0.242 e. The molecule has 1 fully saturated rings. The maximum absolute atomic E-state index is 11.7. The first-order valence-electron chi connectivity index (χ1n) is 6.11. The average molecular weight is 268 g/mol. The second-order valence-electron chi connectivity index (χ2n) is 4.44. The van der Waals surface area contributed by atoms with Gasteiger partial charge in [0.2, 0.25) is 5.91 Å². The highest BCUT2D eigenvalue weighted by atomic mass is 35.5. The Bertz CT molecular complexity index is 450. The molecule has 1 unspecified atom stereocenters. The molecule has 0 radical (unpaired) electrons. The number of anilines is 1. The third-order valence-electron chi connectivity index (χ3n) is 3.22. The number of nitrogens with one attached hydrogen (secondary N) is 2. The largest absolute Gasteiger partial charge is 0.357 e. The number of piperazine rings is 1. The van der Waals surface area contributed by atoms with Crippen LogP contribution in [0.2, 0.25) is 5.02 Å². The van der Waals surface area contributed by atoms with E-state index in [1.807, 2.05) is 32.2 Å². The fraction of sp³-hybridized carbons (Fsp3) is 0.462. The lowest BCUT2D eigenvalue weighted by Gasteiger charge is -2.36. The van der Waals surface area contributed by atoms with E-state index in [1.54, 1.807) is 0 Å². The Balaban J connectivity index is 2.39. The minimum Gasteiger partial charge on any atom is -0.357 e. The Morgan fingerprint density at radius 2 is 2.33 bits per heavy atom. The zero-order valence-electron chi connectivity index (χ0n) is 10.7. The molecule has 18 heavy (non-hydrogen) atoms. The maximum atomic E-state index is 11.7. The van der Waals surface area contributed by atoms with E-state index >= 15 is 0 Å². The average Bonchev–Trinajstić information content (AvgIpc) is 2.34. The van der Waals surface area contributed by atoms with Gasteiger partial charge in [-0.1, -0.05) is 23.7 Å². The van der Waals surface area contributed by atoms with E-state index in [-0.39, 0.29) is 11.9 Å². The van der Waals surface area contributed by atoms with Gasteiger partial charge in [0.05, 0.1) is 10.7 Å².